The van der Waals surface area contributed by atoms with Crippen LogP contribution < -0.4 is 4.74 Å². The van der Waals surface area contributed by atoms with Gasteiger partial charge in [-0.15, -0.1) is 0 Å². The fourth-order valence-corrected chi connectivity index (χ4v) is 5.58. The van der Waals surface area contributed by atoms with Gasteiger partial charge in [0.15, 0.2) is 0 Å². The van der Waals surface area contributed by atoms with Gasteiger partial charge in [0.05, 0.1) is 30.1 Å². The summed E-state index contributed by atoms with van der Waals surface area (Å²) in [4.78, 5) is 20.4. The van der Waals surface area contributed by atoms with E-state index in [9.17, 15) is 4.79 Å². The summed E-state index contributed by atoms with van der Waals surface area (Å²) < 4.78 is 7.38. The third-order valence-corrected chi connectivity index (χ3v) is 7.20. The molecule has 0 radical (unpaired) electrons. The zero-order valence-corrected chi connectivity index (χ0v) is 21.2. The van der Waals surface area contributed by atoms with E-state index in [4.69, 9.17) is 21.4 Å². The van der Waals surface area contributed by atoms with Crippen LogP contribution in [0.25, 0.3) is 22.2 Å². The molecule has 3 heterocycles. The van der Waals surface area contributed by atoms with Crippen molar-refractivity contribution in [2.75, 3.05) is 7.11 Å². The molecule has 0 saturated heterocycles. The standard InChI is InChI=1S/C28H29ClN4O2/c1-5-21-16-23-26(31-32(3)27(23)19-13-20(29)15-22(14-19)35-4)25(6-2)33(21)28(34)18-9-10-24-17(12-18)8-7-11-30-24/h7-15,21,25H,5-6,16H2,1-4H3. The van der Waals surface area contributed by atoms with Crippen molar-refractivity contribution in [1.82, 2.24) is 19.7 Å². The number of halogens is 1. The first kappa shape index (κ1) is 23.4. The summed E-state index contributed by atoms with van der Waals surface area (Å²) in [6.45, 7) is 4.26. The summed E-state index contributed by atoms with van der Waals surface area (Å²) in [6.07, 6.45) is 4.13. The van der Waals surface area contributed by atoms with Gasteiger partial charge < -0.3 is 9.64 Å². The van der Waals surface area contributed by atoms with E-state index < -0.39 is 0 Å². The average Bonchev–Trinajstić information content (AvgIpc) is 3.21. The van der Waals surface area contributed by atoms with E-state index >= 15 is 0 Å². The number of amides is 1. The topological polar surface area (TPSA) is 60.2 Å². The molecular weight excluding hydrogens is 460 g/mol. The van der Waals surface area contributed by atoms with Crippen molar-refractivity contribution in [2.24, 2.45) is 7.05 Å². The Kier molecular flexibility index (Phi) is 6.24. The Balaban J connectivity index is 1.59. The van der Waals surface area contributed by atoms with Crippen LogP contribution in [0.2, 0.25) is 5.02 Å². The van der Waals surface area contributed by atoms with Crippen LogP contribution in [0.4, 0.5) is 0 Å². The van der Waals surface area contributed by atoms with Crippen LogP contribution in [-0.2, 0) is 13.5 Å². The number of hydrogen-bond donors (Lipinski definition) is 0. The predicted octanol–water partition coefficient (Wildman–Crippen LogP) is 6.23. The fourth-order valence-electron chi connectivity index (χ4n) is 5.35. The lowest BCUT2D eigenvalue weighted by Gasteiger charge is -2.41. The lowest BCUT2D eigenvalue weighted by Crippen LogP contribution is -2.47. The number of carbonyl (C=O) groups is 1. The van der Waals surface area contributed by atoms with Crippen molar-refractivity contribution in [3.63, 3.8) is 0 Å². The summed E-state index contributed by atoms with van der Waals surface area (Å²) in [7, 11) is 3.60. The molecule has 4 aromatic rings. The monoisotopic (exact) mass is 488 g/mol. The minimum Gasteiger partial charge on any atom is -0.497 e. The largest absolute Gasteiger partial charge is 0.497 e. The molecule has 180 valence electrons. The molecule has 2 atom stereocenters. The first-order chi connectivity index (χ1) is 16.9. The summed E-state index contributed by atoms with van der Waals surface area (Å²) in [5.41, 5.74) is 5.71. The van der Waals surface area contributed by atoms with Gasteiger partial charge in [0.2, 0.25) is 0 Å². The normalized spacial score (nSPS) is 17.5. The number of benzene rings is 2. The predicted molar refractivity (Wildman–Crippen MR) is 139 cm³/mol. The lowest BCUT2D eigenvalue weighted by molar-refractivity contribution is 0.0513. The second kappa shape index (κ2) is 9.34. The molecule has 2 unspecified atom stereocenters. The molecule has 0 saturated carbocycles. The quantitative estimate of drug-likeness (QED) is 0.334. The Labute approximate surface area is 210 Å². The summed E-state index contributed by atoms with van der Waals surface area (Å²) in [5, 5.41) is 6.52. The Hall–Kier alpha value is -3.38. The molecule has 1 amide bonds. The minimum atomic E-state index is -0.109. The molecule has 0 spiro atoms. The number of aryl methyl sites for hydroxylation is 1. The number of carbonyl (C=O) groups excluding carboxylic acids is 1. The molecule has 0 aliphatic carbocycles. The Morgan fingerprint density at radius 1 is 1.14 bits per heavy atom. The fraction of sp³-hybridized carbons (Fsp3) is 0.321. The van der Waals surface area contributed by atoms with Crippen molar-refractivity contribution in [3.05, 3.63) is 76.6 Å². The van der Waals surface area contributed by atoms with Gasteiger partial charge in [0.25, 0.3) is 5.91 Å². The molecule has 0 N–H and O–H groups in total. The van der Waals surface area contributed by atoms with Gasteiger partial charge in [0, 0.05) is 46.4 Å². The van der Waals surface area contributed by atoms with Gasteiger partial charge in [-0.05, 0) is 61.7 Å². The van der Waals surface area contributed by atoms with Gasteiger partial charge in [0.1, 0.15) is 5.75 Å². The molecule has 2 aromatic carbocycles. The molecule has 35 heavy (non-hydrogen) atoms. The summed E-state index contributed by atoms with van der Waals surface area (Å²) in [5.74, 6) is 0.747. The minimum absolute atomic E-state index is 0.0386. The van der Waals surface area contributed by atoms with Crippen LogP contribution in [0.1, 0.15) is 54.3 Å². The zero-order chi connectivity index (χ0) is 24.7. The maximum atomic E-state index is 13.9. The Bertz CT molecular complexity index is 1410. The number of fused-ring (bicyclic) bond motifs is 2. The number of methoxy groups -OCH3 is 1. The number of hydrogen-bond acceptors (Lipinski definition) is 4. The molecule has 1 aliphatic rings. The highest BCUT2D eigenvalue weighted by atomic mass is 35.5. The SMILES string of the molecule is CCC1Cc2c(nn(C)c2-c2cc(Cl)cc(OC)c2)C(CC)N1C(=O)c1ccc2ncccc2c1. The molecule has 1 aliphatic heterocycles. The maximum Gasteiger partial charge on any atom is 0.254 e. The van der Waals surface area contributed by atoms with Crippen LogP contribution in [-0.4, -0.2) is 38.7 Å². The molecule has 0 bridgehead atoms. The van der Waals surface area contributed by atoms with Gasteiger partial charge in [-0.25, -0.2) is 0 Å². The molecular formula is C28H29ClN4O2. The van der Waals surface area contributed by atoms with Crippen molar-refractivity contribution in [2.45, 2.75) is 45.2 Å². The Morgan fingerprint density at radius 2 is 1.97 bits per heavy atom. The van der Waals surface area contributed by atoms with Crippen LogP contribution >= 0.6 is 11.6 Å². The number of pyridine rings is 1. The number of aromatic nitrogens is 3. The van der Waals surface area contributed by atoms with Crippen molar-refractivity contribution in [1.29, 1.82) is 0 Å². The first-order valence-electron chi connectivity index (χ1n) is 12.0. The third kappa shape index (κ3) is 4.06. The van der Waals surface area contributed by atoms with Crippen molar-refractivity contribution < 1.29 is 9.53 Å². The molecule has 2 aromatic heterocycles. The van der Waals surface area contributed by atoms with Gasteiger partial charge in [-0.3, -0.25) is 14.5 Å². The highest BCUT2D eigenvalue weighted by molar-refractivity contribution is 6.31. The molecule has 5 rings (SSSR count). The first-order valence-corrected chi connectivity index (χ1v) is 12.4. The smallest absolute Gasteiger partial charge is 0.254 e. The molecule has 0 fully saturated rings. The summed E-state index contributed by atoms with van der Waals surface area (Å²) in [6, 6.07) is 15.3. The Morgan fingerprint density at radius 3 is 2.71 bits per heavy atom. The third-order valence-electron chi connectivity index (χ3n) is 6.98. The van der Waals surface area contributed by atoms with Crippen molar-refractivity contribution >= 4 is 28.4 Å². The zero-order valence-electron chi connectivity index (χ0n) is 20.5. The van der Waals surface area contributed by atoms with E-state index in [1.807, 2.05) is 54.2 Å². The highest BCUT2D eigenvalue weighted by Gasteiger charge is 2.40. The second-order valence-electron chi connectivity index (χ2n) is 9.03. The van der Waals surface area contributed by atoms with E-state index in [-0.39, 0.29) is 18.0 Å². The number of rotatable bonds is 5. The van der Waals surface area contributed by atoms with Crippen LogP contribution in [0, 0.1) is 0 Å². The van der Waals surface area contributed by atoms with E-state index in [1.54, 1.807) is 19.4 Å². The molecule has 7 heteroatoms. The lowest BCUT2D eigenvalue weighted by atomic mass is 9.87. The van der Waals surface area contributed by atoms with Crippen LogP contribution in [0.3, 0.4) is 0 Å². The highest BCUT2D eigenvalue weighted by Crippen LogP contribution is 2.42. The van der Waals surface area contributed by atoms with E-state index in [2.05, 4.69) is 23.7 Å². The second-order valence-corrected chi connectivity index (χ2v) is 9.47. The number of nitrogens with zero attached hydrogens (tertiary/aromatic N) is 4. The van der Waals surface area contributed by atoms with Gasteiger partial charge in [-0.2, -0.15) is 5.10 Å². The van der Waals surface area contributed by atoms with Crippen LogP contribution in [0.5, 0.6) is 5.75 Å². The number of ether oxygens (including phenoxy) is 1. The van der Waals surface area contributed by atoms with Crippen molar-refractivity contribution in [3.8, 4) is 17.0 Å². The van der Waals surface area contributed by atoms with Gasteiger partial charge in [-0.1, -0.05) is 31.5 Å². The van der Waals surface area contributed by atoms with E-state index in [0.717, 1.165) is 47.1 Å². The van der Waals surface area contributed by atoms with Crippen LogP contribution in [0.15, 0.2) is 54.7 Å². The van der Waals surface area contributed by atoms with E-state index in [1.165, 1.54) is 5.56 Å². The average molecular weight is 489 g/mol. The summed E-state index contributed by atoms with van der Waals surface area (Å²) >= 11 is 6.40. The molecule has 6 nitrogen and oxygen atoms in total. The van der Waals surface area contributed by atoms with Gasteiger partial charge >= 0.3 is 0 Å². The maximum absolute atomic E-state index is 13.9. The van der Waals surface area contributed by atoms with E-state index in [0.29, 0.717) is 16.3 Å².